The van der Waals surface area contributed by atoms with E-state index < -0.39 is 6.43 Å². The Kier molecular flexibility index (Phi) is 3.55. The number of aromatic nitrogens is 1. The van der Waals surface area contributed by atoms with Crippen molar-refractivity contribution in [3.63, 3.8) is 0 Å². The summed E-state index contributed by atoms with van der Waals surface area (Å²) in [6, 6.07) is 0.988. The first kappa shape index (κ1) is 10.8. The summed E-state index contributed by atoms with van der Waals surface area (Å²) in [6.07, 6.45) is -2.28. The molecule has 0 aliphatic rings. The van der Waals surface area contributed by atoms with Crippen LogP contribution in [0.5, 0.6) is 0 Å². The molecule has 0 amide bonds. The van der Waals surface area contributed by atoms with Crippen LogP contribution < -0.4 is 0 Å². The van der Waals surface area contributed by atoms with E-state index in [-0.39, 0.29) is 20.0 Å². The lowest BCUT2D eigenvalue weighted by Gasteiger charge is -2.04. The third-order valence-electron chi connectivity index (χ3n) is 1.32. The summed E-state index contributed by atoms with van der Waals surface area (Å²) in [7, 11) is 0. The van der Waals surface area contributed by atoms with Gasteiger partial charge in [-0.3, -0.25) is 4.79 Å². The van der Waals surface area contributed by atoms with Crippen LogP contribution in [0.15, 0.2) is 6.07 Å². The van der Waals surface area contributed by atoms with Crippen molar-refractivity contribution >= 4 is 40.5 Å². The highest BCUT2D eigenvalue weighted by atomic mass is 127. The van der Waals surface area contributed by atoms with Gasteiger partial charge in [0.1, 0.15) is 9.39 Å². The molecule has 0 aliphatic heterocycles. The van der Waals surface area contributed by atoms with Gasteiger partial charge in [0.25, 0.3) is 6.43 Å². The van der Waals surface area contributed by atoms with E-state index in [1.165, 1.54) is 0 Å². The minimum Gasteiger partial charge on any atom is -0.296 e. The lowest BCUT2D eigenvalue weighted by molar-refractivity contribution is 0.111. The molecule has 2 nitrogen and oxygen atoms in total. The Morgan fingerprint density at radius 1 is 1.62 bits per heavy atom. The normalized spacial score (nSPS) is 10.5. The average molecular weight is 317 g/mol. The molecule has 1 rings (SSSR count). The predicted octanol–water partition coefficient (Wildman–Crippen LogP) is 3.09. The van der Waals surface area contributed by atoms with Crippen molar-refractivity contribution in [1.29, 1.82) is 0 Å². The van der Waals surface area contributed by atoms with Crippen molar-refractivity contribution in [3.8, 4) is 0 Å². The van der Waals surface area contributed by atoms with Gasteiger partial charge in [-0.15, -0.1) is 0 Å². The summed E-state index contributed by atoms with van der Waals surface area (Å²) in [5, 5.41) is -0.0961. The van der Waals surface area contributed by atoms with Gasteiger partial charge >= 0.3 is 0 Å². The van der Waals surface area contributed by atoms with Crippen LogP contribution in [0.1, 0.15) is 22.5 Å². The zero-order valence-corrected chi connectivity index (χ0v) is 9.01. The molecule has 0 aliphatic carbocycles. The second-order valence-electron chi connectivity index (χ2n) is 2.16. The van der Waals surface area contributed by atoms with Gasteiger partial charge in [-0.1, -0.05) is 11.6 Å². The maximum absolute atomic E-state index is 12.3. The molecular weight excluding hydrogens is 314 g/mol. The van der Waals surface area contributed by atoms with Gasteiger partial charge in [-0.2, -0.15) is 0 Å². The molecule has 0 saturated heterocycles. The molecule has 0 bridgehead atoms. The molecule has 0 saturated carbocycles. The van der Waals surface area contributed by atoms with Crippen LogP contribution in [0, 0.1) is 3.70 Å². The number of aldehydes is 1. The summed E-state index contributed by atoms with van der Waals surface area (Å²) in [5.41, 5.74) is -0.396. The highest BCUT2D eigenvalue weighted by Gasteiger charge is 2.16. The minimum atomic E-state index is -2.69. The molecule has 0 aromatic carbocycles. The predicted molar refractivity (Wildman–Crippen MR) is 52.3 cm³/mol. The van der Waals surface area contributed by atoms with Gasteiger partial charge in [-0.25, -0.2) is 13.8 Å². The maximum Gasteiger partial charge on any atom is 0.265 e. The van der Waals surface area contributed by atoms with Crippen LogP contribution in [-0.2, 0) is 0 Å². The first-order valence-corrected chi connectivity index (χ1v) is 4.61. The van der Waals surface area contributed by atoms with E-state index in [1.54, 1.807) is 22.6 Å². The Balaban J connectivity index is 3.32. The molecule has 6 heteroatoms. The Hall–Kier alpha value is -0.300. The molecule has 0 N–H and O–H groups in total. The highest BCUT2D eigenvalue weighted by Crippen LogP contribution is 2.29. The SMILES string of the molecule is O=Cc1cc(C(F)F)c(Cl)c(I)n1. The highest BCUT2D eigenvalue weighted by molar-refractivity contribution is 14.1. The quantitative estimate of drug-likeness (QED) is 0.477. The standard InChI is InChI=1S/C7H3ClF2INO/c8-5-4(6(9)10)1-3(2-13)12-7(5)11/h1-2,6H. The number of hydrogen-bond donors (Lipinski definition) is 0. The largest absolute Gasteiger partial charge is 0.296 e. The van der Waals surface area contributed by atoms with Gasteiger partial charge in [0.15, 0.2) is 6.29 Å². The summed E-state index contributed by atoms with van der Waals surface area (Å²) >= 11 is 7.25. The molecule has 0 radical (unpaired) electrons. The van der Waals surface area contributed by atoms with Crippen molar-refractivity contribution in [2.45, 2.75) is 6.43 Å². The van der Waals surface area contributed by atoms with Crippen molar-refractivity contribution in [3.05, 3.63) is 26.0 Å². The molecule has 0 atom stereocenters. The third kappa shape index (κ3) is 2.34. The van der Waals surface area contributed by atoms with Gasteiger partial charge in [0.05, 0.1) is 5.02 Å². The van der Waals surface area contributed by atoms with Crippen molar-refractivity contribution in [1.82, 2.24) is 4.98 Å². The zero-order chi connectivity index (χ0) is 10.0. The number of nitrogens with zero attached hydrogens (tertiary/aromatic N) is 1. The number of alkyl halides is 2. The second-order valence-corrected chi connectivity index (χ2v) is 3.56. The van der Waals surface area contributed by atoms with E-state index in [9.17, 15) is 13.6 Å². The first-order valence-electron chi connectivity index (χ1n) is 3.15. The van der Waals surface area contributed by atoms with Crippen LogP contribution in [-0.4, -0.2) is 11.3 Å². The fourth-order valence-corrected chi connectivity index (χ4v) is 1.52. The van der Waals surface area contributed by atoms with E-state index in [4.69, 9.17) is 11.6 Å². The van der Waals surface area contributed by atoms with Gasteiger partial charge in [0, 0.05) is 5.56 Å². The molecule has 1 heterocycles. The van der Waals surface area contributed by atoms with Crippen LogP contribution in [0.2, 0.25) is 5.02 Å². The van der Waals surface area contributed by atoms with E-state index in [0.29, 0.717) is 6.29 Å². The monoisotopic (exact) mass is 317 g/mol. The number of hydrogen-bond acceptors (Lipinski definition) is 2. The molecule has 1 aromatic rings. The van der Waals surface area contributed by atoms with E-state index >= 15 is 0 Å². The van der Waals surface area contributed by atoms with E-state index in [1.807, 2.05) is 0 Å². The summed E-state index contributed by atoms with van der Waals surface area (Å²) in [5.74, 6) is 0. The maximum atomic E-state index is 12.3. The Morgan fingerprint density at radius 2 is 2.23 bits per heavy atom. The minimum absolute atomic E-state index is 0.0379. The molecule has 0 unspecified atom stereocenters. The summed E-state index contributed by atoms with van der Waals surface area (Å²) in [6.45, 7) is 0. The molecule has 0 spiro atoms. The van der Waals surface area contributed by atoms with Gasteiger partial charge in [-0.05, 0) is 28.7 Å². The van der Waals surface area contributed by atoms with Crippen LogP contribution >= 0.6 is 34.2 Å². The molecular formula is C7H3ClF2INO. The van der Waals surface area contributed by atoms with Crippen LogP contribution in [0.4, 0.5) is 8.78 Å². The van der Waals surface area contributed by atoms with Crippen molar-refractivity contribution < 1.29 is 13.6 Å². The summed E-state index contributed by atoms with van der Waals surface area (Å²) < 4.78 is 24.8. The molecule has 0 fully saturated rings. The number of halogens is 4. The molecule has 13 heavy (non-hydrogen) atoms. The molecule has 1 aromatic heterocycles. The first-order chi connectivity index (χ1) is 6.06. The fourth-order valence-electron chi connectivity index (χ4n) is 0.756. The van der Waals surface area contributed by atoms with Crippen LogP contribution in [0.25, 0.3) is 0 Å². The van der Waals surface area contributed by atoms with Gasteiger partial charge < -0.3 is 0 Å². The number of rotatable bonds is 2. The third-order valence-corrected chi connectivity index (χ3v) is 2.82. The fraction of sp³-hybridized carbons (Fsp3) is 0.143. The Labute approximate surface area is 91.4 Å². The van der Waals surface area contributed by atoms with E-state index in [2.05, 4.69) is 4.98 Å². The van der Waals surface area contributed by atoms with Crippen molar-refractivity contribution in [2.24, 2.45) is 0 Å². The number of pyridine rings is 1. The smallest absolute Gasteiger partial charge is 0.265 e. The lowest BCUT2D eigenvalue weighted by atomic mass is 10.2. The van der Waals surface area contributed by atoms with E-state index in [0.717, 1.165) is 6.07 Å². The zero-order valence-electron chi connectivity index (χ0n) is 6.10. The lowest BCUT2D eigenvalue weighted by Crippen LogP contribution is -1.97. The second kappa shape index (κ2) is 4.28. The summed E-state index contributed by atoms with van der Waals surface area (Å²) in [4.78, 5) is 14.0. The number of carbonyl (C=O) groups is 1. The van der Waals surface area contributed by atoms with Crippen molar-refractivity contribution in [2.75, 3.05) is 0 Å². The Morgan fingerprint density at radius 3 is 2.69 bits per heavy atom. The average Bonchev–Trinajstić information content (AvgIpc) is 2.09. The van der Waals surface area contributed by atoms with Crippen LogP contribution in [0.3, 0.4) is 0 Å². The van der Waals surface area contributed by atoms with Gasteiger partial charge in [0.2, 0.25) is 0 Å². The molecule has 70 valence electrons. The Bertz CT molecular complexity index is 346. The topological polar surface area (TPSA) is 30.0 Å². The number of carbonyl (C=O) groups excluding carboxylic acids is 1.